The van der Waals surface area contributed by atoms with Crippen LogP contribution in [0.4, 0.5) is 4.79 Å². The molecule has 0 atom stereocenters. The Morgan fingerprint density at radius 3 is 2.52 bits per heavy atom. The molecule has 0 radical (unpaired) electrons. The standard InChI is InChI=1S/C19H30N4O4/c1-18(2,3)27-17(24)23-19(4,5)11-22-16(20-6)21-10-13-7-8-14-15(9-13)26-12-25-14/h7-9H,10-12H2,1-6H3,(H,23,24)(H2,20,21,22). The van der Waals surface area contributed by atoms with Gasteiger partial charge in [-0.1, -0.05) is 6.07 Å². The molecular formula is C19H30N4O4. The highest BCUT2D eigenvalue weighted by Crippen LogP contribution is 2.32. The Balaban J connectivity index is 1.81. The molecule has 2 rings (SSSR count). The summed E-state index contributed by atoms with van der Waals surface area (Å²) in [4.78, 5) is 16.2. The second-order valence-electron chi connectivity index (χ2n) is 7.98. The molecule has 1 aromatic carbocycles. The summed E-state index contributed by atoms with van der Waals surface area (Å²) in [6, 6.07) is 5.81. The van der Waals surface area contributed by atoms with E-state index in [-0.39, 0.29) is 6.79 Å². The van der Waals surface area contributed by atoms with Gasteiger partial charge in [-0.25, -0.2) is 4.79 Å². The van der Waals surface area contributed by atoms with Crippen LogP contribution in [-0.4, -0.2) is 43.6 Å². The summed E-state index contributed by atoms with van der Waals surface area (Å²) >= 11 is 0. The van der Waals surface area contributed by atoms with Gasteiger partial charge < -0.3 is 30.2 Å². The number of hydrogen-bond donors (Lipinski definition) is 3. The van der Waals surface area contributed by atoms with Crippen molar-refractivity contribution < 1.29 is 19.0 Å². The fourth-order valence-corrected chi connectivity index (χ4v) is 2.39. The van der Waals surface area contributed by atoms with Crippen LogP contribution in [0, 0.1) is 0 Å². The summed E-state index contributed by atoms with van der Waals surface area (Å²) in [6.45, 7) is 10.6. The lowest BCUT2D eigenvalue weighted by Crippen LogP contribution is -2.54. The maximum Gasteiger partial charge on any atom is 0.408 e. The average Bonchev–Trinajstić information content (AvgIpc) is 3.00. The molecule has 0 fully saturated rings. The van der Waals surface area contributed by atoms with Crippen molar-refractivity contribution in [1.29, 1.82) is 0 Å². The van der Waals surface area contributed by atoms with E-state index in [0.29, 0.717) is 19.0 Å². The Labute approximate surface area is 160 Å². The first kappa shape index (κ1) is 20.7. The third kappa shape index (κ3) is 6.88. The Morgan fingerprint density at radius 2 is 1.85 bits per heavy atom. The van der Waals surface area contributed by atoms with Gasteiger partial charge in [-0.3, -0.25) is 4.99 Å². The molecule has 8 nitrogen and oxygen atoms in total. The minimum absolute atomic E-state index is 0.259. The molecule has 1 aromatic rings. The van der Waals surface area contributed by atoms with Crippen molar-refractivity contribution in [2.45, 2.75) is 52.3 Å². The maximum absolute atomic E-state index is 12.0. The van der Waals surface area contributed by atoms with Crippen molar-refractivity contribution in [1.82, 2.24) is 16.0 Å². The zero-order valence-corrected chi connectivity index (χ0v) is 16.9. The molecule has 3 N–H and O–H groups in total. The predicted octanol–water partition coefficient (Wildman–Crippen LogP) is 2.38. The number of carbonyl (C=O) groups excluding carboxylic acids is 1. The van der Waals surface area contributed by atoms with Gasteiger partial charge in [0.1, 0.15) is 5.60 Å². The first-order valence-corrected chi connectivity index (χ1v) is 8.92. The summed E-state index contributed by atoms with van der Waals surface area (Å²) in [6.07, 6.45) is -0.447. The van der Waals surface area contributed by atoms with Crippen molar-refractivity contribution in [3.8, 4) is 11.5 Å². The molecule has 1 aliphatic heterocycles. The predicted molar refractivity (Wildman–Crippen MR) is 104 cm³/mol. The molecule has 0 aromatic heterocycles. The number of alkyl carbamates (subject to hydrolysis) is 1. The maximum atomic E-state index is 12.0. The molecule has 0 aliphatic carbocycles. The second kappa shape index (κ2) is 8.37. The topological polar surface area (TPSA) is 93.2 Å². The minimum Gasteiger partial charge on any atom is -0.454 e. The van der Waals surface area contributed by atoms with Crippen LogP contribution >= 0.6 is 0 Å². The highest BCUT2D eigenvalue weighted by atomic mass is 16.7. The van der Waals surface area contributed by atoms with E-state index in [1.165, 1.54) is 0 Å². The second-order valence-corrected chi connectivity index (χ2v) is 7.98. The van der Waals surface area contributed by atoms with Gasteiger partial charge >= 0.3 is 6.09 Å². The molecule has 1 aliphatic rings. The van der Waals surface area contributed by atoms with E-state index in [4.69, 9.17) is 14.2 Å². The van der Waals surface area contributed by atoms with Gasteiger partial charge in [-0.15, -0.1) is 0 Å². The molecule has 150 valence electrons. The van der Waals surface area contributed by atoms with Crippen LogP contribution in [0.3, 0.4) is 0 Å². The van der Waals surface area contributed by atoms with E-state index in [2.05, 4.69) is 20.9 Å². The third-order valence-electron chi connectivity index (χ3n) is 3.66. The van der Waals surface area contributed by atoms with Crippen LogP contribution in [0.5, 0.6) is 11.5 Å². The van der Waals surface area contributed by atoms with Gasteiger partial charge in [0.2, 0.25) is 6.79 Å². The minimum atomic E-state index is -0.532. The first-order chi connectivity index (χ1) is 12.6. The van der Waals surface area contributed by atoms with Crippen molar-refractivity contribution in [3.63, 3.8) is 0 Å². The van der Waals surface area contributed by atoms with Gasteiger partial charge in [0.05, 0.1) is 5.54 Å². The average molecular weight is 378 g/mol. The summed E-state index contributed by atoms with van der Waals surface area (Å²) in [7, 11) is 1.70. The van der Waals surface area contributed by atoms with Crippen molar-refractivity contribution >= 4 is 12.1 Å². The number of fused-ring (bicyclic) bond motifs is 1. The fourth-order valence-electron chi connectivity index (χ4n) is 2.39. The van der Waals surface area contributed by atoms with Crippen LogP contribution in [0.15, 0.2) is 23.2 Å². The van der Waals surface area contributed by atoms with E-state index in [0.717, 1.165) is 17.1 Å². The summed E-state index contributed by atoms with van der Waals surface area (Å²) in [5, 5.41) is 9.31. The Hall–Kier alpha value is -2.64. The van der Waals surface area contributed by atoms with E-state index in [1.54, 1.807) is 7.05 Å². The third-order valence-corrected chi connectivity index (χ3v) is 3.66. The van der Waals surface area contributed by atoms with Crippen LogP contribution in [0.1, 0.15) is 40.2 Å². The molecule has 0 saturated carbocycles. The number of ether oxygens (including phenoxy) is 3. The molecule has 8 heteroatoms. The van der Waals surface area contributed by atoms with Crippen LogP contribution in [0.2, 0.25) is 0 Å². The molecule has 0 spiro atoms. The fraction of sp³-hybridized carbons (Fsp3) is 0.579. The number of hydrogen-bond acceptors (Lipinski definition) is 5. The Kier molecular flexibility index (Phi) is 6.41. The quantitative estimate of drug-likeness (QED) is 0.538. The summed E-state index contributed by atoms with van der Waals surface area (Å²) < 4.78 is 16.0. The smallest absolute Gasteiger partial charge is 0.408 e. The van der Waals surface area contributed by atoms with Gasteiger partial charge in [-0.2, -0.15) is 0 Å². The van der Waals surface area contributed by atoms with Crippen LogP contribution < -0.4 is 25.4 Å². The van der Waals surface area contributed by atoms with Crippen LogP contribution in [0.25, 0.3) is 0 Å². The number of benzene rings is 1. The molecule has 0 unspecified atom stereocenters. The number of amides is 1. The molecule has 0 saturated heterocycles. The molecule has 0 bridgehead atoms. The van der Waals surface area contributed by atoms with Crippen molar-refractivity contribution in [2.24, 2.45) is 4.99 Å². The van der Waals surface area contributed by atoms with E-state index in [1.807, 2.05) is 52.8 Å². The lowest BCUT2D eigenvalue weighted by molar-refractivity contribution is 0.0474. The van der Waals surface area contributed by atoms with Gasteiger partial charge in [0.25, 0.3) is 0 Å². The molecule has 1 amide bonds. The molecule has 27 heavy (non-hydrogen) atoms. The van der Waals surface area contributed by atoms with Crippen molar-refractivity contribution in [3.05, 3.63) is 23.8 Å². The van der Waals surface area contributed by atoms with Crippen molar-refractivity contribution in [2.75, 3.05) is 20.4 Å². The number of rotatable bonds is 5. The van der Waals surface area contributed by atoms with E-state index >= 15 is 0 Å². The zero-order chi connectivity index (χ0) is 20.1. The number of nitrogens with one attached hydrogen (secondary N) is 3. The van der Waals surface area contributed by atoms with Gasteiger partial charge in [-0.05, 0) is 52.3 Å². The van der Waals surface area contributed by atoms with E-state index < -0.39 is 17.2 Å². The highest BCUT2D eigenvalue weighted by molar-refractivity contribution is 5.79. The summed E-state index contributed by atoms with van der Waals surface area (Å²) in [5.41, 5.74) is 0.00227. The number of aliphatic imine (C=N–C) groups is 1. The van der Waals surface area contributed by atoms with Crippen LogP contribution in [-0.2, 0) is 11.3 Å². The summed E-state index contributed by atoms with van der Waals surface area (Å²) in [5.74, 6) is 2.14. The first-order valence-electron chi connectivity index (χ1n) is 8.92. The normalized spacial score (nSPS) is 13.9. The Morgan fingerprint density at radius 1 is 1.15 bits per heavy atom. The monoisotopic (exact) mass is 378 g/mol. The largest absolute Gasteiger partial charge is 0.454 e. The van der Waals surface area contributed by atoms with E-state index in [9.17, 15) is 4.79 Å². The molecule has 1 heterocycles. The lowest BCUT2D eigenvalue weighted by atomic mass is 10.1. The van der Waals surface area contributed by atoms with Gasteiger partial charge in [0, 0.05) is 20.1 Å². The highest BCUT2D eigenvalue weighted by Gasteiger charge is 2.24. The SMILES string of the molecule is CN=C(NCc1ccc2c(c1)OCO2)NCC(C)(C)NC(=O)OC(C)(C)C. The zero-order valence-electron chi connectivity index (χ0n) is 16.9. The lowest BCUT2D eigenvalue weighted by Gasteiger charge is -2.29. The number of nitrogens with zero attached hydrogens (tertiary/aromatic N) is 1. The molecular weight excluding hydrogens is 348 g/mol. The Bertz CT molecular complexity index is 695. The number of carbonyl (C=O) groups is 1. The number of guanidine groups is 1. The van der Waals surface area contributed by atoms with Gasteiger partial charge in [0.15, 0.2) is 17.5 Å².